The zero-order valence-corrected chi connectivity index (χ0v) is 11.2. The maximum atomic E-state index is 13.1. The fraction of sp³-hybridized carbons (Fsp3) is 0.0714. The first-order chi connectivity index (χ1) is 10.0. The van der Waals surface area contributed by atoms with Crippen molar-refractivity contribution >= 4 is 17.4 Å². The Morgan fingerprint density at radius 2 is 2.14 bits per heavy atom. The summed E-state index contributed by atoms with van der Waals surface area (Å²) in [5, 5.41) is 14.0. The van der Waals surface area contributed by atoms with Crippen molar-refractivity contribution in [2.24, 2.45) is 10.9 Å². The van der Waals surface area contributed by atoms with Gasteiger partial charge >= 0.3 is 0 Å². The SMILES string of the molecule is Cc1cc(NC(=O)c2ccc(C(N)=NO)cn2)ccc1F. The Morgan fingerprint density at radius 1 is 1.38 bits per heavy atom. The van der Waals surface area contributed by atoms with E-state index in [9.17, 15) is 9.18 Å². The van der Waals surface area contributed by atoms with Crippen LogP contribution in [-0.4, -0.2) is 21.9 Å². The number of oxime groups is 1. The molecule has 0 unspecified atom stereocenters. The molecule has 0 radical (unpaired) electrons. The van der Waals surface area contributed by atoms with Crippen molar-refractivity contribution in [3.63, 3.8) is 0 Å². The van der Waals surface area contributed by atoms with E-state index in [0.29, 0.717) is 16.8 Å². The molecular formula is C14H13FN4O2. The van der Waals surface area contributed by atoms with Crippen LogP contribution >= 0.6 is 0 Å². The molecule has 0 aliphatic rings. The van der Waals surface area contributed by atoms with Gasteiger partial charge in [-0.15, -0.1) is 0 Å². The van der Waals surface area contributed by atoms with Gasteiger partial charge in [-0.1, -0.05) is 5.16 Å². The predicted molar refractivity (Wildman–Crippen MR) is 75.8 cm³/mol. The summed E-state index contributed by atoms with van der Waals surface area (Å²) in [4.78, 5) is 15.9. The number of hydrogen-bond acceptors (Lipinski definition) is 4. The molecule has 0 fully saturated rings. The van der Waals surface area contributed by atoms with Gasteiger partial charge in [0.1, 0.15) is 11.5 Å². The van der Waals surface area contributed by atoms with E-state index >= 15 is 0 Å². The van der Waals surface area contributed by atoms with Gasteiger partial charge in [0.25, 0.3) is 5.91 Å². The molecule has 0 saturated heterocycles. The third kappa shape index (κ3) is 3.33. The monoisotopic (exact) mass is 288 g/mol. The Labute approximate surface area is 120 Å². The second kappa shape index (κ2) is 6.00. The molecule has 6 nitrogen and oxygen atoms in total. The van der Waals surface area contributed by atoms with Crippen LogP contribution in [0.1, 0.15) is 21.6 Å². The molecule has 0 saturated carbocycles. The van der Waals surface area contributed by atoms with Crippen LogP contribution in [0.2, 0.25) is 0 Å². The van der Waals surface area contributed by atoms with E-state index in [1.54, 1.807) is 6.92 Å². The quantitative estimate of drug-likeness (QED) is 0.347. The number of carbonyl (C=O) groups excluding carboxylic acids is 1. The summed E-state index contributed by atoms with van der Waals surface area (Å²) in [5.41, 5.74) is 6.86. The van der Waals surface area contributed by atoms with Crippen LogP contribution in [0.15, 0.2) is 41.7 Å². The largest absolute Gasteiger partial charge is 0.409 e. The standard InChI is InChI=1S/C14H13FN4O2/c1-8-6-10(3-4-11(8)15)18-14(20)12-5-2-9(7-17-12)13(16)19-21/h2-7,21H,1H3,(H2,16,19)(H,18,20). The molecule has 0 aliphatic heterocycles. The molecule has 21 heavy (non-hydrogen) atoms. The van der Waals surface area contributed by atoms with Crippen molar-refractivity contribution in [3.05, 3.63) is 59.2 Å². The molecule has 1 heterocycles. The predicted octanol–water partition coefficient (Wildman–Crippen LogP) is 1.88. The summed E-state index contributed by atoms with van der Waals surface area (Å²) >= 11 is 0. The van der Waals surface area contributed by atoms with Crippen LogP contribution < -0.4 is 11.1 Å². The van der Waals surface area contributed by atoms with Crippen LogP contribution in [0, 0.1) is 12.7 Å². The van der Waals surface area contributed by atoms with Gasteiger partial charge in [0.2, 0.25) is 0 Å². The first-order valence-corrected chi connectivity index (χ1v) is 6.02. The number of hydrogen-bond donors (Lipinski definition) is 3. The summed E-state index contributed by atoms with van der Waals surface area (Å²) in [7, 11) is 0. The Kier molecular flexibility index (Phi) is 4.13. The fourth-order valence-electron chi connectivity index (χ4n) is 1.66. The third-order valence-corrected chi connectivity index (χ3v) is 2.82. The summed E-state index contributed by atoms with van der Waals surface area (Å²) < 4.78 is 13.1. The highest BCUT2D eigenvalue weighted by Crippen LogP contribution is 2.14. The van der Waals surface area contributed by atoms with E-state index < -0.39 is 5.91 Å². The number of aromatic nitrogens is 1. The number of nitrogens with two attached hydrogens (primary N) is 1. The maximum absolute atomic E-state index is 13.1. The van der Waals surface area contributed by atoms with Crippen LogP contribution in [0.3, 0.4) is 0 Å². The molecule has 1 amide bonds. The summed E-state index contributed by atoms with van der Waals surface area (Å²) in [6.07, 6.45) is 1.32. The van der Waals surface area contributed by atoms with Crippen molar-refractivity contribution in [2.45, 2.75) is 6.92 Å². The Hall–Kier alpha value is -2.96. The number of rotatable bonds is 3. The van der Waals surface area contributed by atoms with Crippen molar-refractivity contribution in [3.8, 4) is 0 Å². The van der Waals surface area contributed by atoms with Gasteiger partial charge in [0.15, 0.2) is 5.84 Å². The molecule has 2 rings (SSSR count). The lowest BCUT2D eigenvalue weighted by Gasteiger charge is -2.06. The van der Waals surface area contributed by atoms with Crippen molar-refractivity contribution in [2.75, 3.05) is 5.32 Å². The smallest absolute Gasteiger partial charge is 0.274 e. The number of halogens is 1. The minimum Gasteiger partial charge on any atom is -0.409 e. The van der Waals surface area contributed by atoms with E-state index in [2.05, 4.69) is 15.5 Å². The number of aryl methyl sites for hydroxylation is 1. The van der Waals surface area contributed by atoms with Gasteiger partial charge in [0, 0.05) is 17.4 Å². The van der Waals surface area contributed by atoms with Gasteiger partial charge in [-0.3, -0.25) is 9.78 Å². The first-order valence-electron chi connectivity index (χ1n) is 6.02. The number of anilines is 1. The molecule has 0 spiro atoms. The number of amidine groups is 1. The zero-order chi connectivity index (χ0) is 15.4. The second-order valence-electron chi connectivity index (χ2n) is 4.34. The van der Waals surface area contributed by atoms with Gasteiger partial charge < -0.3 is 16.3 Å². The Morgan fingerprint density at radius 3 is 2.71 bits per heavy atom. The molecule has 108 valence electrons. The van der Waals surface area contributed by atoms with Crippen LogP contribution in [0.5, 0.6) is 0 Å². The molecule has 0 bridgehead atoms. The molecule has 1 aromatic heterocycles. The lowest BCUT2D eigenvalue weighted by molar-refractivity contribution is 0.102. The molecule has 4 N–H and O–H groups in total. The number of carbonyl (C=O) groups is 1. The van der Waals surface area contributed by atoms with Gasteiger partial charge in [-0.25, -0.2) is 4.39 Å². The van der Waals surface area contributed by atoms with Crippen molar-refractivity contribution in [1.82, 2.24) is 4.98 Å². The minimum atomic E-state index is -0.438. The zero-order valence-electron chi connectivity index (χ0n) is 11.2. The lowest BCUT2D eigenvalue weighted by atomic mass is 10.2. The highest BCUT2D eigenvalue weighted by atomic mass is 19.1. The topological polar surface area (TPSA) is 101 Å². The number of amides is 1. The van der Waals surface area contributed by atoms with E-state index in [4.69, 9.17) is 10.9 Å². The summed E-state index contributed by atoms with van der Waals surface area (Å²) in [6, 6.07) is 7.22. The van der Waals surface area contributed by atoms with Gasteiger partial charge in [-0.2, -0.15) is 0 Å². The van der Waals surface area contributed by atoms with Crippen LogP contribution in [0.4, 0.5) is 10.1 Å². The van der Waals surface area contributed by atoms with Crippen LogP contribution in [0.25, 0.3) is 0 Å². The minimum absolute atomic E-state index is 0.0939. The van der Waals surface area contributed by atoms with Crippen molar-refractivity contribution < 1.29 is 14.4 Å². The molecule has 7 heteroatoms. The summed E-state index contributed by atoms with van der Waals surface area (Å²) in [5.74, 6) is -0.870. The second-order valence-corrected chi connectivity index (χ2v) is 4.34. The van der Waals surface area contributed by atoms with E-state index in [1.165, 1.54) is 36.5 Å². The lowest BCUT2D eigenvalue weighted by Crippen LogP contribution is -2.16. The van der Waals surface area contributed by atoms with Gasteiger partial charge in [0.05, 0.1) is 0 Å². The average Bonchev–Trinajstić information content (AvgIpc) is 2.50. The molecule has 0 aliphatic carbocycles. The molecule has 1 aromatic carbocycles. The summed E-state index contributed by atoms with van der Waals surface area (Å²) in [6.45, 7) is 1.61. The van der Waals surface area contributed by atoms with E-state index in [0.717, 1.165) is 0 Å². The number of nitrogens with one attached hydrogen (secondary N) is 1. The Balaban J connectivity index is 2.14. The first kappa shape index (κ1) is 14.4. The molecule has 2 aromatic rings. The van der Waals surface area contributed by atoms with Crippen molar-refractivity contribution in [1.29, 1.82) is 0 Å². The average molecular weight is 288 g/mol. The number of pyridine rings is 1. The number of benzene rings is 1. The molecule has 0 atom stereocenters. The maximum Gasteiger partial charge on any atom is 0.274 e. The van der Waals surface area contributed by atoms with Crippen LogP contribution in [-0.2, 0) is 0 Å². The van der Waals surface area contributed by atoms with E-state index in [-0.39, 0.29) is 17.3 Å². The molecular weight excluding hydrogens is 275 g/mol. The normalized spacial score (nSPS) is 11.2. The van der Waals surface area contributed by atoms with E-state index in [1.807, 2.05) is 0 Å². The Bertz CT molecular complexity index is 699. The highest BCUT2D eigenvalue weighted by molar-refractivity contribution is 6.03. The third-order valence-electron chi connectivity index (χ3n) is 2.82. The van der Waals surface area contributed by atoms with Gasteiger partial charge in [-0.05, 0) is 42.8 Å². The highest BCUT2D eigenvalue weighted by Gasteiger charge is 2.09. The number of nitrogens with zero attached hydrogens (tertiary/aromatic N) is 2. The fourth-order valence-corrected chi connectivity index (χ4v) is 1.66.